The van der Waals surface area contributed by atoms with Gasteiger partial charge in [0.15, 0.2) is 5.78 Å². The van der Waals surface area contributed by atoms with Crippen LogP contribution in [0.25, 0.3) is 0 Å². The van der Waals surface area contributed by atoms with E-state index in [-0.39, 0.29) is 18.1 Å². The molecule has 0 spiro atoms. The third-order valence-corrected chi connectivity index (χ3v) is 3.09. The Bertz CT molecular complexity index is 634. The Balaban J connectivity index is 2.17. The van der Waals surface area contributed by atoms with Crippen LogP contribution in [0.15, 0.2) is 34.9 Å². The fourth-order valence-corrected chi connectivity index (χ4v) is 1.91. The number of carbonyl (C=O) groups excluding carboxylic acids is 1. The van der Waals surface area contributed by atoms with Crippen molar-refractivity contribution < 1.29 is 9.72 Å². The molecule has 19 heavy (non-hydrogen) atoms. The fraction of sp³-hybridized carbons (Fsp3) is 0.167. The van der Waals surface area contributed by atoms with Crippen molar-refractivity contribution in [3.63, 3.8) is 0 Å². The molecule has 0 aliphatic heterocycles. The first-order chi connectivity index (χ1) is 8.97. The molecule has 1 aromatic carbocycles. The van der Waals surface area contributed by atoms with Gasteiger partial charge < -0.3 is 10.1 Å². The third-order valence-electron chi connectivity index (χ3n) is 2.56. The smallest absolute Gasteiger partial charge is 0.358 e. The van der Waals surface area contributed by atoms with Gasteiger partial charge >= 0.3 is 5.82 Å². The van der Waals surface area contributed by atoms with E-state index in [1.54, 1.807) is 31.2 Å². The molecule has 0 saturated carbocycles. The quantitative estimate of drug-likeness (QED) is 0.492. The number of hydrogen-bond donors (Lipinski definition) is 0. The molecule has 0 fully saturated rings. The van der Waals surface area contributed by atoms with Crippen LogP contribution in [-0.4, -0.2) is 20.5 Å². The molecule has 2 rings (SSSR count). The highest BCUT2D eigenvalue weighted by atomic mass is 79.9. The second kappa shape index (κ2) is 5.31. The van der Waals surface area contributed by atoms with Gasteiger partial charge in [-0.25, -0.2) is 0 Å². The molecule has 0 saturated heterocycles. The SMILES string of the molecule is Cc1cn(CC(=O)c2ccc(Br)cc2)nc1[N+](=O)[O-]. The van der Waals surface area contributed by atoms with E-state index < -0.39 is 4.92 Å². The summed E-state index contributed by atoms with van der Waals surface area (Å²) >= 11 is 3.29. The first kappa shape index (κ1) is 13.4. The van der Waals surface area contributed by atoms with Gasteiger partial charge in [-0.3, -0.25) is 4.79 Å². The van der Waals surface area contributed by atoms with Crippen LogP contribution in [0, 0.1) is 17.0 Å². The molecule has 0 bridgehead atoms. The molecular formula is C12H10BrN3O3. The molecule has 0 unspecified atom stereocenters. The van der Waals surface area contributed by atoms with E-state index in [2.05, 4.69) is 21.0 Å². The van der Waals surface area contributed by atoms with E-state index in [1.165, 1.54) is 10.9 Å². The highest BCUT2D eigenvalue weighted by Crippen LogP contribution is 2.15. The number of Topliss-reactive ketones (excluding diaryl/α,β-unsaturated/α-hetero) is 1. The lowest BCUT2D eigenvalue weighted by Gasteiger charge is -1.99. The zero-order chi connectivity index (χ0) is 14.0. The predicted octanol–water partition coefficient (Wildman–Crippen LogP) is 2.75. The van der Waals surface area contributed by atoms with Crippen LogP contribution in [0.3, 0.4) is 0 Å². The zero-order valence-corrected chi connectivity index (χ0v) is 11.6. The molecule has 0 aliphatic carbocycles. The summed E-state index contributed by atoms with van der Waals surface area (Å²) in [6, 6.07) is 6.92. The van der Waals surface area contributed by atoms with Crippen LogP contribution < -0.4 is 0 Å². The monoisotopic (exact) mass is 323 g/mol. The van der Waals surface area contributed by atoms with Crippen molar-refractivity contribution in [2.45, 2.75) is 13.5 Å². The number of ketones is 1. The minimum atomic E-state index is -0.560. The average molecular weight is 324 g/mol. The number of aromatic nitrogens is 2. The summed E-state index contributed by atoms with van der Waals surface area (Å²) in [6.07, 6.45) is 1.49. The number of rotatable bonds is 4. The third kappa shape index (κ3) is 3.05. The Morgan fingerprint density at radius 2 is 2.05 bits per heavy atom. The molecule has 0 aliphatic rings. The second-order valence-corrected chi connectivity index (χ2v) is 4.94. The van der Waals surface area contributed by atoms with Gasteiger partial charge in [-0.1, -0.05) is 28.1 Å². The van der Waals surface area contributed by atoms with E-state index in [1.807, 2.05) is 0 Å². The fourth-order valence-electron chi connectivity index (χ4n) is 1.65. The van der Waals surface area contributed by atoms with E-state index in [0.717, 1.165) is 4.47 Å². The molecule has 7 heteroatoms. The van der Waals surface area contributed by atoms with Crippen LogP contribution in [0.2, 0.25) is 0 Å². The largest absolute Gasteiger partial charge is 0.392 e. The summed E-state index contributed by atoms with van der Waals surface area (Å²) in [5.41, 5.74) is 0.979. The average Bonchev–Trinajstić information content (AvgIpc) is 2.71. The Morgan fingerprint density at radius 1 is 1.42 bits per heavy atom. The maximum absolute atomic E-state index is 12.0. The van der Waals surface area contributed by atoms with Crippen molar-refractivity contribution in [3.8, 4) is 0 Å². The number of benzene rings is 1. The summed E-state index contributed by atoms with van der Waals surface area (Å²) in [7, 11) is 0. The predicted molar refractivity (Wildman–Crippen MR) is 72.1 cm³/mol. The van der Waals surface area contributed by atoms with Gasteiger partial charge in [0.05, 0.1) is 16.9 Å². The van der Waals surface area contributed by atoms with Crippen LogP contribution in [0.4, 0.5) is 5.82 Å². The van der Waals surface area contributed by atoms with Gasteiger partial charge in [-0.2, -0.15) is 4.68 Å². The molecule has 0 N–H and O–H groups in total. The molecule has 1 aromatic heterocycles. The van der Waals surface area contributed by atoms with Crippen molar-refractivity contribution in [3.05, 3.63) is 56.2 Å². The van der Waals surface area contributed by atoms with Crippen LogP contribution in [0.1, 0.15) is 15.9 Å². The Morgan fingerprint density at radius 3 is 2.58 bits per heavy atom. The molecule has 6 nitrogen and oxygen atoms in total. The van der Waals surface area contributed by atoms with Crippen LogP contribution >= 0.6 is 15.9 Å². The van der Waals surface area contributed by atoms with Crippen molar-refractivity contribution >= 4 is 27.5 Å². The molecule has 0 amide bonds. The topological polar surface area (TPSA) is 78.0 Å². The second-order valence-electron chi connectivity index (χ2n) is 4.02. The first-order valence-corrected chi connectivity index (χ1v) is 6.24. The molecular weight excluding hydrogens is 314 g/mol. The van der Waals surface area contributed by atoms with Gasteiger partial charge in [-0.15, -0.1) is 0 Å². The minimum Gasteiger partial charge on any atom is -0.358 e. The van der Waals surface area contributed by atoms with E-state index >= 15 is 0 Å². The maximum Gasteiger partial charge on any atom is 0.392 e. The zero-order valence-electron chi connectivity index (χ0n) is 10.0. The highest BCUT2D eigenvalue weighted by molar-refractivity contribution is 9.10. The number of nitro groups is 1. The number of carbonyl (C=O) groups is 1. The summed E-state index contributed by atoms with van der Waals surface area (Å²) in [5.74, 6) is -0.367. The normalized spacial score (nSPS) is 10.4. The van der Waals surface area contributed by atoms with E-state index in [9.17, 15) is 14.9 Å². The Labute approximate surface area is 117 Å². The van der Waals surface area contributed by atoms with E-state index in [4.69, 9.17) is 0 Å². The van der Waals surface area contributed by atoms with Gasteiger partial charge in [-0.05, 0) is 24.0 Å². The number of nitrogens with zero attached hydrogens (tertiary/aromatic N) is 3. The summed E-state index contributed by atoms with van der Waals surface area (Å²) < 4.78 is 2.17. The molecule has 1 heterocycles. The van der Waals surface area contributed by atoms with Crippen molar-refractivity contribution in [1.82, 2.24) is 9.78 Å². The number of aryl methyl sites for hydroxylation is 1. The Hall–Kier alpha value is -2.02. The standard InChI is InChI=1S/C12H10BrN3O3/c1-8-6-15(14-12(8)16(18)19)7-11(17)9-2-4-10(13)5-3-9/h2-6H,7H2,1H3. The lowest BCUT2D eigenvalue weighted by atomic mass is 10.1. The molecule has 0 atom stereocenters. The van der Waals surface area contributed by atoms with Crippen LogP contribution in [0.5, 0.6) is 0 Å². The Kier molecular flexibility index (Phi) is 3.75. The first-order valence-electron chi connectivity index (χ1n) is 5.44. The van der Waals surface area contributed by atoms with Crippen molar-refractivity contribution in [2.24, 2.45) is 0 Å². The van der Waals surface area contributed by atoms with Gasteiger partial charge in [0.25, 0.3) is 0 Å². The summed E-state index contributed by atoms with van der Waals surface area (Å²) in [5, 5.41) is 14.4. The summed E-state index contributed by atoms with van der Waals surface area (Å²) in [6.45, 7) is 1.57. The van der Waals surface area contributed by atoms with Gasteiger partial charge in [0.2, 0.25) is 0 Å². The van der Waals surface area contributed by atoms with Gasteiger partial charge in [0, 0.05) is 10.0 Å². The number of hydrogen-bond acceptors (Lipinski definition) is 4. The van der Waals surface area contributed by atoms with Crippen molar-refractivity contribution in [2.75, 3.05) is 0 Å². The maximum atomic E-state index is 12.0. The summed E-state index contributed by atoms with van der Waals surface area (Å²) in [4.78, 5) is 22.1. The van der Waals surface area contributed by atoms with Crippen molar-refractivity contribution in [1.29, 1.82) is 0 Å². The van der Waals surface area contributed by atoms with Gasteiger partial charge in [0.1, 0.15) is 6.54 Å². The number of halogens is 1. The van der Waals surface area contributed by atoms with Crippen LogP contribution in [-0.2, 0) is 6.54 Å². The molecule has 2 aromatic rings. The lowest BCUT2D eigenvalue weighted by Crippen LogP contribution is -2.11. The highest BCUT2D eigenvalue weighted by Gasteiger charge is 2.18. The van der Waals surface area contributed by atoms with E-state index in [0.29, 0.717) is 11.1 Å². The minimum absolute atomic E-state index is 0.0175. The lowest BCUT2D eigenvalue weighted by molar-refractivity contribution is -0.390. The molecule has 0 radical (unpaired) electrons. The molecule has 98 valence electrons.